The van der Waals surface area contributed by atoms with E-state index >= 15 is 0 Å². The van der Waals surface area contributed by atoms with Crippen LogP contribution in [0.4, 0.5) is 4.79 Å². The number of carboxylic acids is 1. The number of carbonyl (C=O) groups is 2. The first-order chi connectivity index (χ1) is 20.2. The third-order valence-electron chi connectivity index (χ3n) is 7.57. The molecule has 5 rings (SSSR count). The number of carbonyl (C=O) groups excluding carboxylic acids is 1. The maximum absolute atomic E-state index is 12.8. The van der Waals surface area contributed by atoms with Gasteiger partial charge in [-0.25, -0.2) is 9.59 Å². The first-order valence-electron chi connectivity index (χ1n) is 13.6. The van der Waals surface area contributed by atoms with Crippen LogP contribution in [0.15, 0.2) is 48.5 Å². The number of aliphatic carboxylic acids is 1. The topological polar surface area (TPSA) is 113 Å². The lowest BCUT2D eigenvalue weighted by Crippen LogP contribution is -2.43. The van der Waals surface area contributed by atoms with Crippen molar-refractivity contribution < 1.29 is 38.4 Å². The maximum atomic E-state index is 12.8. The zero-order valence-electron chi connectivity index (χ0n) is 24.3. The van der Waals surface area contributed by atoms with Gasteiger partial charge in [-0.15, -0.1) is 0 Å². The summed E-state index contributed by atoms with van der Waals surface area (Å²) < 4.78 is 28.8. The van der Waals surface area contributed by atoms with Crippen molar-refractivity contribution in [3.63, 3.8) is 0 Å². The Morgan fingerprint density at radius 1 is 0.976 bits per heavy atom. The van der Waals surface area contributed by atoms with Gasteiger partial charge in [0.2, 0.25) is 5.75 Å². The largest absolute Gasteiger partial charge is 0.492 e. The van der Waals surface area contributed by atoms with E-state index in [0.29, 0.717) is 35.2 Å². The van der Waals surface area contributed by atoms with E-state index in [1.54, 1.807) is 14.2 Å². The van der Waals surface area contributed by atoms with Crippen molar-refractivity contribution >= 4 is 23.8 Å². The molecule has 1 amide bonds. The van der Waals surface area contributed by atoms with Crippen molar-refractivity contribution in [1.82, 2.24) is 5.32 Å². The molecule has 10 heteroatoms. The second kappa shape index (κ2) is 12.1. The van der Waals surface area contributed by atoms with E-state index in [1.807, 2.05) is 50.2 Å². The highest BCUT2D eigenvalue weighted by molar-refractivity contribution is 7.98. The lowest BCUT2D eigenvalue weighted by Gasteiger charge is -2.21. The van der Waals surface area contributed by atoms with Crippen LogP contribution in [0.25, 0.3) is 11.1 Å². The Morgan fingerprint density at radius 2 is 1.57 bits per heavy atom. The van der Waals surface area contributed by atoms with Gasteiger partial charge in [0.1, 0.15) is 24.0 Å². The van der Waals surface area contributed by atoms with E-state index in [2.05, 4.69) is 17.4 Å². The summed E-state index contributed by atoms with van der Waals surface area (Å²) in [6.07, 6.45) is -0.163. The summed E-state index contributed by atoms with van der Waals surface area (Å²) in [6, 6.07) is 14.9. The van der Waals surface area contributed by atoms with Crippen LogP contribution in [0.1, 0.15) is 42.0 Å². The molecule has 2 aliphatic rings. The molecule has 0 spiro atoms. The van der Waals surface area contributed by atoms with Crippen LogP contribution in [0.2, 0.25) is 0 Å². The molecule has 3 aromatic rings. The third-order valence-corrected chi connectivity index (χ3v) is 8.63. The zero-order chi connectivity index (χ0) is 30.0. The molecule has 1 heterocycles. The van der Waals surface area contributed by atoms with Crippen LogP contribution in [0, 0.1) is 0 Å². The first-order valence-corrected chi connectivity index (χ1v) is 14.8. The number of rotatable bonds is 11. The molecule has 0 aromatic heterocycles. The molecule has 0 fully saturated rings. The molecule has 1 aliphatic heterocycles. The normalized spacial score (nSPS) is 15.1. The van der Waals surface area contributed by atoms with Crippen molar-refractivity contribution in [2.24, 2.45) is 0 Å². The Kier molecular flexibility index (Phi) is 8.45. The molecule has 0 bridgehead atoms. The van der Waals surface area contributed by atoms with E-state index in [0.717, 1.165) is 33.4 Å². The Morgan fingerprint density at radius 3 is 2.14 bits per heavy atom. The van der Waals surface area contributed by atoms with Crippen molar-refractivity contribution in [3.05, 3.63) is 70.8 Å². The van der Waals surface area contributed by atoms with Crippen LogP contribution in [-0.4, -0.2) is 62.5 Å². The molecule has 0 saturated carbocycles. The van der Waals surface area contributed by atoms with Gasteiger partial charge in [0.05, 0.1) is 26.9 Å². The van der Waals surface area contributed by atoms with Crippen molar-refractivity contribution in [2.45, 2.75) is 43.6 Å². The van der Waals surface area contributed by atoms with E-state index in [-0.39, 0.29) is 18.3 Å². The number of benzene rings is 3. The van der Waals surface area contributed by atoms with Crippen LogP contribution >= 0.6 is 11.8 Å². The Labute approximate surface area is 249 Å². The molecule has 2 N–H and O–H groups in total. The molecule has 0 saturated heterocycles. The van der Waals surface area contributed by atoms with Crippen LogP contribution in [-0.2, 0) is 21.7 Å². The Balaban J connectivity index is 1.26. The average Bonchev–Trinajstić information content (AvgIpc) is 3.48. The number of ether oxygens (including phenoxy) is 5. The molecule has 3 aromatic carbocycles. The smallest absolute Gasteiger partial charge is 0.407 e. The summed E-state index contributed by atoms with van der Waals surface area (Å²) in [4.78, 5) is 24.8. The van der Waals surface area contributed by atoms with Gasteiger partial charge < -0.3 is 34.1 Å². The molecule has 1 atom stereocenters. The van der Waals surface area contributed by atoms with Gasteiger partial charge in [0.15, 0.2) is 11.5 Å². The lowest BCUT2D eigenvalue weighted by molar-refractivity contribution is -0.138. The molecule has 0 radical (unpaired) electrons. The van der Waals surface area contributed by atoms with Crippen LogP contribution in [0.3, 0.4) is 0 Å². The second-order valence-electron chi connectivity index (χ2n) is 10.8. The lowest BCUT2D eigenvalue weighted by atomic mass is 9.98. The van der Waals surface area contributed by atoms with Crippen LogP contribution < -0.4 is 24.3 Å². The SMILES string of the molecule is COc1c(CSC[C@H](NC(=O)OCC2c3ccccc3-c3ccccc32)C(=O)O)c2c(c(OC)c1OC)CC(C)(C)O2. The number of nitrogens with one attached hydrogen (secondary N) is 1. The van der Waals surface area contributed by atoms with Gasteiger partial charge in [0, 0.05) is 29.4 Å². The predicted octanol–water partition coefficient (Wildman–Crippen LogP) is 5.65. The molecule has 9 nitrogen and oxygen atoms in total. The number of thioether (sulfide) groups is 1. The highest BCUT2D eigenvalue weighted by Gasteiger charge is 2.39. The fourth-order valence-electron chi connectivity index (χ4n) is 5.77. The maximum Gasteiger partial charge on any atom is 0.407 e. The Hall–Kier alpha value is -4.05. The summed E-state index contributed by atoms with van der Waals surface area (Å²) in [7, 11) is 4.66. The summed E-state index contributed by atoms with van der Waals surface area (Å²) in [5.41, 5.74) is 5.56. The first kappa shape index (κ1) is 29.4. The molecule has 1 aliphatic carbocycles. The number of alkyl carbamates (subject to hydrolysis) is 1. The van der Waals surface area contributed by atoms with Crippen molar-refractivity contribution in [3.8, 4) is 34.1 Å². The van der Waals surface area contributed by atoms with Crippen molar-refractivity contribution in [2.75, 3.05) is 33.7 Å². The fraction of sp³-hybridized carbons (Fsp3) is 0.375. The molecule has 0 unspecified atom stereocenters. The standard InChI is InChI=1S/C32H35NO8S/c1-32(2)14-22-26(41-32)24(28(38-4)29(39-5)27(22)37-3)16-42-17-25(30(34)35)33-31(36)40-15-23-20-12-8-6-10-18(20)19-11-7-9-13-21(19)23/h6-13,23,25H,14-17H2,1-5H3,(H,33,36)(H,34,35)/t25-/m0/s1. The van der Waals surface area contributed by atoms with Gasteiger partial charge in [-0.1, -0.05) is 48.5 Å². The van der Waals surface area contributed by atoms with E-state index in [4.69, 9.17) is 23.7 Å². The van der Waals surface area contributed by atoms with E-state index in [9.17, 15) is 14.7 Å². The third kappa shape index (κ3) is 5.55. The van der Waals surface area contributed by atoms with E-state index in [1.165, 1.54) is 18.9 Å². The molecular formula is C32H35NO8S. The fourth-order valence-corrected chi connectivity index (χ4v) is 6.82. The predicted molar refractivity (Wildman–Crippen MR) is 160 cm³/mol. The van der Waals surface area contributed by atoms with E-state index < -0.39 is 23.7 Å². The van der Waals surface area contributed by atoms with Crippen LogP contribution in [0.5, 0.6) is 23.0 Å². The highest BCUT2D eigenvalue weighted by atomic mass is 32.2. The summed E-state index contributed by atoms with van der Waals surface area (Å²) >= 11 is 1.33. The van der Waals surface area contributed by atoms with Gasteiger partial charge in [-0.3, -0.25) is 0 Å². The highest BCUT2D eigenvalue weighted by Crippen LogP contribution is 2.54. The summed E-state index contributed by atoms with van der Waals surface area (Å²) in [5.74, 6) is 1.31. The monoisotopic (exact) mass is 593 g/mol. The molecule has 42 heavy (non-hydrogen) atoms. The number of carboxylic acid groups (broad SMARTS) is 1. The molecule has 222 valence electrons. The summed E-state index contributed by atoms with van der Waals surface area (Å²) in [6.45, 7) is 4.07. The van der Waals surface area contributed by atoms with Gasteiger partial charge in [-0.2, -0.15) is 11.8 Å². The number of hydrogen-bond donors (Lipinski definition) is 2. The minimum absolute atomic E-state index is 0.0925. The molecular weight excluding hydrogens is 558 g/mol. The Bertz CT molecular complexity index is 1460. The van der Waals surface area contributed by atoms with Gasteiger partial charge in [-0.05, 0) is 36.1 Å². The van der Waals surface area contributed by atoms with Gasteiger partial charge >= 0.3 is 12.1 Å². The number of methoxy groups -OCH3 is 3. The minimum Gasteiger partial charge on any atom is -0.492 e. The number of amides is 1. The minimum atomic E-state index is -1.16. The van der Waals surface area contributed by atoms with Gasteiger partial charge in [0.25, 0.3) is 0 Å². The van der Waals surface area contributed by atoms with Crippen molar-refractivity contribution in [1.29, 1.82) is 0 Å². The zero-order valence-corrected chi connectivity index (χ0v) is 25.1. The number of hydrogen-bond acceptors (Lipinski definition) is 8. The quantitative estimate of drug-likeness (QED) is 0.291. The second-order valence-corrected chi connectivity index (χ2v) is 11.8. The average molecular weight is 594 g/mol. The summed E-state index contributed by atoms with van der Waals surface area (Å²) in [5, 5.41) is 12.4. The number of fused-ring (bicyclic) bond motifs is 4.